The van der Waals surface area contributed by atoms with Crippen molar-refractivity contribution >= 4 is 27.8 Å². The summed E-state index contributed by atoms with van der Waals surface area (Å²) in [5.74, 6) is -1.53. The van der Waals surface area contributed by atoms with Crippen molar-refractivity contribution in [3.63, 3.8) is 0 Å². The van der Waals surface area contributed by atoms with E-state index < -0.39 is 18.6 Å². The normalized spacial score (nSPS) is 16.1. The van der Waals surface area contributed by atoms with Gasteiger partial charge in [-0.3, -0.25) is 9.89 Å². The summed E-state index contributed by atoms with van der Waals surface area (Å²) in [5.41, 5.74) is 3.81. The molecule has 1 aliphatic rings. The average molecular weight is 439 g/mol. The number of alkyl halides is 1. The van der Waals surface area contributed by atoms with Crippen molar-refractivity contribution in [2.24, 2.45) is 0 Å². The maximum atomic E-state index is 15.6. The number of fused-ring (bicyclic) bond motifs is 2. The SMILES string of the molecule is Cc1cc(-n2c(C3CCOCC3)c([C@H](F)CC(=O)O)c3cc4[nH]ncc4cc32)ccc1F. The van der Waals surface area contributed by atoms with Crippen LogP contribution in [0.2, 0.25) is 0 Å². The van der Waals surface area contributed by atoms with Gasteiger partial charge in [-0.2, -0.15) is 5.10 Å². The van der Waals surface area contributed by atoms with Crippen LogP contribution in [-0.4, -0.2) is 39.1 Å². The fourth-order valence-electron chi connectivity index (χ4n) is 4.77. The largest absolute Gasteiger partial charge is 0.481 e. The number of carboxylic acids is 1. The molecular formula is C24H23F2N3O3. The van der Waals surface area contributed by atoms with E-state index in [0.29, 0.717) is 48.3 Å². The minimum Gasteiger partial charge on any atom is -0.481 e. The lowest BCUT2D eigenvalue weighted by molar-refractivity contribution is -0.138. The standard InChI is InChI=1S/C24H23F2N3O3/c1-13-8-16(2-3-18(13)25)29-21-9-15-12-27-28-20(15)10-17(21)23(19(26)11-22(30)31)24(29)14-4-6-32-7-5-14/h2-3,8-10,12,14,19H,4-7,11H2,1H3,(H,27,28)(H,30,31)/t19-/m1/s1. The number of ether oxygens (including phenoxy) is 1. The van der Waals surface area contributed by atoms with Crippen LogP contribution in [0.15, 0.2) is 36.5 Å². The number of hydrogen-bond acceptors (Lipinski definition) is 3. The van der Waals surface area contributed by atoms with Crippen LogP contribution in [0.4, 0.5) is 8.78 Å². The molecule has 5 rings (SSSR count). The summed E-state index contributed by atoms with van der Waals surface area (Å²) in [6, 6.07) is 8.58. The van der Waals surface area contributed by atoms with Gasteiger partial charge in [0.15, 0.2) is 0 Å². The first-order chi connectivity index (χ1) is 15.4. The predicted molar refractivity (Wildman–Crippen MR) is 117 cm³/mol. The van der Waals surface area contributed by atoms with Crippen molar-refractivity contribution in [1.82, 2.24) is 14.8 Å². The highest BCUT2D eigenvalue weighted by Crippen LogP contribution is 2.44. The van der Waals surface area contributed by atoms with Gasteiger partial charge in [-0.25, -0.2) is 8.78 Å². The van der Waals surface area contributed by atoms with E-state index in [0.717, 1.165) is 22.1 Å². The van der Waals surface area contributed by atoms with Crippen LogP contribution in [0, 0.1) is 12.7 Å². The minimum atomic E-state index is -1.68. The fraction of sp³-hybridized carbons (Fsp3) is 0.333. The second-order valence-corrected chi connectivity index (χ2v) is 8.35. The molecule has 2 N–H and O–H groups in total. The Balaban J connectivity index is 1.87. The Kier molecular flexibility index (Phi) is 5.17. The molecular weight excluding hydrogens is 416 g/mol. The van der Waals surface area contributed by atoms with Gasteiger partial charge in [-0.05, 0) is 55.7 Å². The molecule has 8 heteroatoms. The number of benzene rings is 2. The van der Waals surface area contributed by atoms with E-state index in [1.54, 1.807) is 25.3 Å². The molecule has 0 bridgehead atoms. The molecule has 6 nitrogen and oxygen atoms in total. The molecule has 1 atom stereocenters. The van der Waals surface area contributed by atoms with E-state index in [1.807, 2.05) is 16.7 Å². The summed E-state index contributed by atoms with van der Waals surface area (Å²) in [7, 11) is 0. The lowest BCUT2D eigenvalue weighted by atomic mass is 9.90. The summed E-state index contributed by atoms with van der Waals surface area (Å²) in [4.78, 5) is 11.4. The Hall–Kier alpha value is -3.26. The third kappa shape index (κ3) is 3.44. The quantitative estimate of drug-likeness (QED) is 0.440. The van der Waals surface area contributed by atoms with Crippen LogP contribution < -0.4 is 0 Å². The van der Waals surface area contributed by atoms with Crippen molar-refractivity contribution in [2.75, 3.05) is 13.2 Å². The number of halogens is 2. The lowest BCUT2D eigenvalue weighted by Crippen LogP contribution is -2.19. The van der Waals surface area contributed by atoms with Gasteiger partial charge in [0.2, 0.25) is 0 Å². The maximum absolute atomic E-state index is 15.6. The predicted octanol–water partition coefficient (Wildman–Crippen LogP) is 5.33. The number of aryl methyl sites for hydroxylation is 1. The van der Waals surface area contributed by atoms with E-state index in [2.05, 4.69) is 10.2 Å². The van der Waals surface area contributed by atoms with Crippen molar-refractivity contribution in [3.05, 3.63) is 59.2 Å². The first kappa shape index (κ1) is 20.6. The Morgan fingerprint density at radius 2 is 2.09 bits per heavy atom. The highest BCUT2D eigenvalue weighted by atomic mass is 19.1. The number of aromatic amines is 1. The topological polar surface area (TPSA) is 80.1 Å². The van der Waals surface area contributed by atoms with E-state index in [4.69, 9.17) is 4.74 Å². The zero-order valence-electron chi connectivity index (χ0n) is 17.6. The molecule has 0 radical (unpaired) electrons. The molecule has 2 aromatic heterocycles. The second kappa shape index (κ2) is 8.02. The smallest absolute Gasteiger partial charge is 0.306 e. The van der Waals surface area contributed by atoms with E-state index in [1.165, 1.54) is 6.07 Å². The Morgan fingerprint density at radius 1 is 1.31 bits per heavy atom. The van der Waals surface area contributed by atoms with Gasteiger partial charge in [0.1, 0.15) is 12.0 Å². The number of aromatic nitrogens is 3. The number of rotatable bonds is 5. The third-order valence-electron chi connectivity index (χ3n) is 6.28. The van der Waals surface area contributed by atoms with Gasteiger partial charge in [0.05, 0.1) is 23.7 Å². The molecule has 0 saturated carbocycles. The Morgan fingerprint density at radius 3 is 2.81 bits per heavy atom. The van der Waals surface area contributed by atoms with Crippen LogP contribution in [0.1, 0.15) is 48.2 Å². The molecule has 1 saturated heterocycles. The summed E-state index contributed by atoms with van der Waals surface area (Å²) in [5, 5.41) is 17.8. The van der Waals surface area contributed by atoms with Gasteiger partial charge in [0, 0.05) is 46.8 Å². The highest BCUT2D eigenvalue weighted by molar-refractivity contribution is 5.99. The fourth-order valence-corrected chi connectivity index (χ4v) is 4.77. The zero-order chi connectivity index (χ0) is 22.4. The van der Waals surface area contributed by atoms with Gasteiger partial charge in [-0.15, -0.1) is 0 Å². The number of carbonyl (C=O) groups is 1. The van der Waals surface area contributed by atoms with E-state index >= 15 is 4.39 Å². The molecule has 1 aliphatic heterocycles. The number of carboxylic acid groups (broad SMARTS) is 1. The van der Waals surface area contributed by atoms with Crippen LogP contribution in [0.3, 0.4) is 0 Å². The lowest BCUT2D eigenvalue weighted by Gasteiger charge is -2.26. The van der Waals surface area contributed by atoms with Crippen LogP contribution in [0.25, 0.3) is 27.5 Å². The summed E-state index contributed by atoms with van der Waals surface area (Å²) in [6.45, 7) is 2.79. The van der Waals surface area contributed by atoms with Crippen molar-refractivity contribution in [3.8, 4) is 5.69 Å². The van der Waals surface area contributed by atoms with Crippen LogP contribution in [-0.2, 0) is 9.53 Å². The van der Waals surface area contributed by atoms with Crippen molar-refractivity contribution in [2.45, 2.75) is 38.3 Å². The first-order valence-corrected chi connectivity index (χ1v) is 10.7. The molecule has 1 fully saturated rings. The average Bonchev–Trinajstić information content (AvgIpc) is 3.36. The monoisotopic (exact) mass is 439 g/mol. The van der Waals surface area contributed by atoms with Gasteiger partial charge in [-0.1, -0.05) is 0 Å². The second-order valence-electron chi connectivity index (χ2n) is 8.35. The third-order valence-corrected chi connectivity index (χ3v) is 6.28. The van der Waals surface area contributed by atoms with Crippen molar-refractivity contribution < 1.29 is 23.4 Å². The molecule has 32 heavy (non-hydrogen) atoms. The highest BCUT2D eigenvalue weighted by Gasteiger charge is 2.32. The first-order valence-electron chi connectivity index (χ1n) is 10.7. The van der Waals surface area contributed by atoms with Crippen LogP contribution in [0.5, 0.6) is 0 Å². The van der Waals surface area contributed by atoms with Gasteiger partial charge in [0.25, 0.3) is 0 Å². The van der Waals surface area contributed by atoms with Gasteiger partial charge >= 0.3 is 5.97 Å². The van der Waals surface area contributed by atoms with Gasteiger partial charge < -0.3 is 14.4 Å². The molecule has 0 aliphatic carbocycles. The van der Waals surface area contributed by atoms with E-state index in [9.17, 15) is 14.3 Å². The van der Waals surface area contributed by atoms with E-state index in [-0.39, 0.29) is 11.7 Å². The zero-order valence-corrected chi connectivity index (χ0v) is 17.6. The molecule has 0 unspecified atom stereocenters. The number of aliphatic carboxylic acids is 1. The molecule has 166 valence electrons. The molecule has 0 spiro atoms. The maximum Gasteiger partial charge on any atom is 0.306 e. The summed E-state index contributed by atoms with van der Waals surface area (Å²) < 4.78 is 37.2. The number of nitrogens with one attached hydrogen (secondary N) is 1. The summed E-state index contributed by atoms with van der Waals surface area (Å²) >= 11 is 0. The summed E-state index contributed by atoms with van der Waals surface area (Å²) in [6.07, 6.45) is 0.778. The molecule has 2 aromatic carbocycles. The Bertz CT molecular complexity index is 1320. The molecule has 4 aromatic rings. The minimum absolute atomic E-state index is 0.0139. The molecule has 0 amide bonds. The number of hydrogen-bond donors (Lipinski definition) is 2. The number of H-pyrrole nitrogens is 1. The van der Waals surface area contributed by atoms with Crippen LogP contribution >= 0.6 is 0 Å². The van der Waals surface area contributed by atoms with Crippen molar-refractivity contribution in [1.29, 1.82) is 0 Å². The molecule has 3 heterocycles. The Labute approximate surface area is 182 Å². The number of nitrogens with zero attached hydrogens (tertiary/aromatic N) is 2.